The molecule has 1 amide bonds. The molecular weight excluding hydrogens is 336 g/mol. The van der Waals surface area contributed by atoms with Crippen molar-refractivity contribution >= 4 is 15.9 Å². The average molecular weight is 360 g/mol. The maximum Gasteiger partial charge on any atom is 0.237 e. The summed E-state index contributed by atoms with van der Waals surface area (Å²) in [6, 6.07) is 19.3. The van der Waals surface area contributed by atoms with E-state index < -0.39 is 10.0 Å². The van der Waals surface area contributed by atoms with Crippen molar-refractivity contribution in [2.45, 2.75) is 13.0 Å². The summed E-state index contributed by atoms with van der Waals surface area (Å²) >= 11 is 0. The topological polar surface area (TPSA) is 57.7 Å². The second-order valence-corrected chi connectivity index (χ2v) is 8.05. The average Bonchev–Trinajstić information content (AvgIpc) is 2.59. The predicted octanol–water partition coefficient (Wildman–Crippen LogP) is 2.15. The van der Waals surface area contributed by atoms with Gasteiger partial charge in [0, 0.05) is 20.1 Å². The number of rotatable bonds is 8. The molecule has 134 valence electrons. The van der Waals surface area contributed by atoms with Crippen molar-refractivity contribution in [2.24, 2.45) is 0 Å². The highest BCUT2D eigenvalue weighted by molar-refractivity contribution is 7.88. The highest BCUT2D eigenvalue weighted by atomic mass is 32.2. The molecule has 0 unspecified atom stereocenters. The van der Waals surface area contributed by atoms with Gasteiger partial charge in [-0.2, -0.15) is 4.31 Å². The van der Waals surface area contributed by atoms with Crippen molar-refractivity contribution in [3.8, 4) is 0 Å². The zero-order valence-electron chi connectivity index (χ0n) is 14.6. The normalized spacial score (nSPS) is 11.5. The number of likely N-dealkylation sites (N-methyl/N-ethyl adjacent to an activating group) is 1. The molecule has 5 nitrogen and oxygen atoms in total. The van der Waals surface area contributed by atoms with Crippen molar-refractivity contribution in [1.29, 1.82) is 0 Å². The first-order valence-corrected chi connectivity index (χ1v) is 9.98. The van der Waals surface area contributed by atoms with Gasteiger partial charge < -0.3 is 4.90 Å². The molecule has 2 aromatic rings. The molecule has 0 aromatic heterocycles. The van der Waals surface area contributed by atoms with E-state index in [-0.39, 0.29) is 19.0 Å². The number of hydrogen-bond acceptors (Lipinski definition) is 3. The van der Waals surface area contributed by atoms with Crippen LogP contribution >= 0.6 is 0 Å². The van der Waals surface area contributed by atoms with Gasteiger partial charge in [-0.1, -0.05) is 60.7 Å². The molecule has 2 rings (SSSR count). The van der Waals surface area contributed by atoms with E-state index in [1.54, 1.807) is 11.9 Å². The summed E-state index contributed by atoms with van der Waals surface area (Å²) < 4.78 is 25.3. The summed E-state index contributed by atoms with van der Waals surface area (Å²) in [7, 11) is -1.76. The van der Waals surface area contributed by atoms with Gasteiger partial charge in [0.1, 0.15) is 0 Å². The Bertz CT molecular complexity index is 777. The Morgan fingerprint density at radius 1 is 0.920 bits per heavy atom. The Labute approximate surface area is 149 Å². The Balaban J connectivity index is 1.97. The van der Waals surface area contributed by atoms with Crippen LogP contribution in [0.3, 0.4) is 0 Å². The number of carbonyl (C=O) groups is 1. The van der Waals surface area contributed by atoms with Gasteiger partial charge in [0.15, 0.2) is 0 Å². The fraction of sp³-hybridized carbons (Fsp3) is 0.316. The quantitative estimate of drug-likeness (QED) is 0.725. The molecule has 0 spiro atoms. The van der Waals surface area contributed by atoms with Crippen molar-refractivity contribution in [2.75, 3.05) is 26.4 Å². The van der Waals surface area contributed by atoms with Crippen molar-refractivity contribution in [1.82, 2.24) is 9.21 Å². The van der Waals surface area contributed by atoms with Crippen LogP contribution in [-0.2, 0) is 27.8 Å². The largest absolute Gasteiger partial charge is 0.340 e. The van der Waals surface area contributed by atoms with Crippen LogP contribution < -0.4 is 0 Å². The Hall–Kier alpha value is -2.18. The molecule has 0 heterocycles. The summed E-state index contributed by atoms with van der Waals surface area (Å²) in [5.74, 6) is -0.220. The lowest BCUT2D eigenvalue weighted by Crippen LogP contribution is -2.41. The molecule has 0 atom stereocenters. The first-order chi connectivity index (χ1) is 11.9. The second-order valence-electron chi connectivity index (χ2n) is 6.07. The Kier molecular flexibility index (Phi) is 6.73. The first-order valence-electron chi connectivity index (χ1n) is 8.13. The van der Waals surface area contributed by atoms with E-state index in [4.69, 9.17) is 0 Å². The van der Waals surface area contributed by atoms with E-state index in [0.29, 0.717) is 13.0 Å². The van der Waals surface area contributed by atoms with Gasteiger partial charge in [0.25, 0.3) is 0 Å². The summed E-state index contributed by atoms with van der Waals surface area (Å²) in [5, 5.41) is 0. The summed E-state index contributed by atoms with van der Waals surface area (Å²) in [5.41, 5.74) is 2.05. The van der Waals surface area contributed by atoms with Crippen molar-refractivity contribution < 1.29 is 13.2 Å². The van der Waals surface area contributed by atoms with Gasteiger partial charge in [-0.05, 0) is 17.5 Å². The van der Waals surface area contributed by atoms with Gasteiger partial charge in [-0.3, -0.25) is 4.79 Å². The van der Waals surface area contributed by atoms with Crippen LogP contribution in [0.4, 0.5) is 0 Å². The summed E-state index contributed by atoms with van der Waals surface area (Å²) in [4.78, 5) is 14.0. The van der Waals surface area contributed by atoms with Gasteiger partial charge in [-0.25, -0.2) is 8.42 Å². The van der Waals surface area contributed by atoms with E-state index >= 15 is 0 Å². The Morgan fingerprint density at radius 3 is 1.96 bits per heavy atom. The third-order valence-electron chi connectivity index (χ3n) is 3.96. The minimum atomic E-state index is -3.45. The SMILES string of the molecule is CN(Cc1ccccc1)C(=O)CN(CCc1ccccc1)S(C)(=O)=O. The van der Waals surface area contributed by atoms with Crippen LogP contribution in [0.5, 0.6) is 0 Å². The third kappa shape index (κ3) is 6.32. The fourth-order valence-corrected chi connectivity index (χ4v) is 3.25. The maximum atomic E-state index is 12.4. The van der Waals surface area contributed by atoms with Crippen molar-refractivity contribution in [3.63, 3.8) is 0 Å². The van der Waals surface area contributed by atoms with Crippen LogP contribution in [0.2, 0.25) is 0 Å². The second kappa shape index (κ2) is 8.78. The van der Waals surface area contributed by atoms with Gasteiger partial charge >= 0.3 is 0 Å². The van der Waals surface area contributed by atoms with Crippen LogP contribution in [0.25, 0.3) is 0 Å². The van der Waals surface area contributed by atoms with E-state index in [0.717, 1.165) is 17.4 Å². The number of sulfonamides is 1. The lowest BCUT2D eigenvalue weighted by molar-refractivity contribution is -0.130. The van der Waals surface area contributed by atoms with E-state index in [2.05, 4.69) is 0 Å². The van der Waals surface area contributed by atoms with Gasteiger partial charge in [0.05, 0.1) is 12.8 Å². The zero-order chi connectivity index (χ0) is 18.3. The fourth-order valence-electron chi connectivity index (χ4n) is 2.48. The molecule has 0 radical (unpaired) electrons. The van der Waals surface area contributed by atoms with E-state index in [9.17, 15) is 13.2 Å². The molecule has 2 aromatic carbocycles. The lowest BCUT2D eigenvalue weighted by Gasteiger charge is -2.23. The number of hydrogen-bond donors (Lipinski definition) is 0. The Morgan fingerprint density at radius 2 is 1.44 bits per heavy atom. The molecule has 0 saturated carbocycles. The zero-order valence-corrected chi connectivity index (χ0v) is 15.4. The van der Waals surface area contributed by atoms with Crippen molar-refractivity contribution in [3.05, 3.63) is 71.8 Å². The van der Waals surface area contributed by atoms with E-state index in [1.165, 1.54) is 4.31 Å². The molecule has 6 heteroatoms. The number of benzene rings is 2. The molecular formula is C19H24N2O3S. The van der Waals surface area contributed by atoms with Gasteiger partial charge in [0.2, 0.25) is 15.9 Å². The standard InChI is InChI=1S/C19H24N2O3S/c1-20(15-18-11-7-4-8-12-18)19(22)16-21(25(2,23)24)14-13-17-9-5-3-6-10-17/h3-12H,13-16H2,1-2H3. The minimum Gasteiger partial charge on any atom is -0.340 e. The summed E-state index contributed by atoms with van der Waals surface area (Å²) in [6.07, 6.45) is 1.71. The summed E-state index contributed by atoms with van der Waals surface area (Å²) in [6.45, 7) is 0.596. The smallest absolute Gasteiger partial charge is 0.237 e. The van der Waals surface area contributed by atoms with Crippen LogP contribution in [0.1, 0.15) is 11.1 Å². The maximum absolute atomic E-state index is 12.4. The lowest BCUT2D eigenvalue weighted by atomic mass is 10.1. The number of amides is 1. The van der Waals surface area contributed by atoms with Crippen LogP contribution in [-0.4, -0.2) is 49.9 Å². The highest BCUT2D eigenvalue weighted by Gasteiger charge is 2.22. The molecule has 0 aliphatic heterocycles. The molecule has 0 saturated heterocycles. The number of nitrogens with zero attached hydrogens (tertiary/aromatic N) is 2. The molecule has 0 fully saturated rings. The predicted molar refractivity (Wildman–Crippen MR) is 99.5 cm³/mol. The minimum absolute atomic E-state index is 0.144. The van der Waals surface area contributed by atoms with Crippen LogP contribution in [0.15, 0.2) is 60.7 Å². The third-order valence-corrected chi connectivity index (χ3v) is 5.21. The molecule has 0 aliphatic carbocycles. The molecule has 25 heavy (non-hydrogen) atoms. The highest BCUT2D eigenvalue weighted by Crippen LogP contribution is 2.07. The van der Waals surface area contributed by atoms with Gasteiger partial charge in [-0.15, -0.1) is 0 Å². The molecule has 0 aliphatic rings. The first kappa shape index (κ1) is 19.1. The molecule has 0 N–H and O–H groups in total. The van der Waals surface area contributed by atoms with Crippen LogP contribution in [0, 0.1) is 0 Å². The van der Waals surface area contributed by atoms with E-state index in [1.807, 2.05) is 60.7 Å². The number of carbonyl (C=O) groups excluding carboxylic acids is 1. The monoisotopic (exact) mass is 360 g/mol. The molecule has 0 bridgehead atoms.